The Balaban J connectivity index is 2.26. The van der Waals surface area contributed by atoms with Gasteiger partial charge in [0.15, 0.2) is 0 Å². The number of nitrogens with zero attached hydrogens (tertiary/aromatic N) is 3. The van der Waals surface area contributed by atoms with Crippen LogP contribution in [0.1, 0.15) is 24.8 Å². The third-order valence-corrected chi connectivity index (χ3v) is 2.92. The van der Waals surface area contributed by atoms with E-state index in [9.17, 15) is 0 Å². The number of hydrogen-bond acceptors (Lipinski definition) is 3. The second kappa shape index (κ2) is 3.67. The van der Waals surface area contributed by atoms with E-state index in [0.29, 0.717) is 6.04 Å². The summed E-state index contributed by atoms with van der Waals surface area (Å²) < 4.78 is 0. The van der Waals surface area contributed by atoms with Gasteiger partial charge in [-0.15, -0.1) is 0 Å². The molecule has 0 atom stereocenters. The summed E-state index contributed by atoms with van der Waals surface area (Å²) in [7, 11) is 2.04. The lowest BCUT2D eigenvalue weighted by atomic mass is 9.91. The summed E-state index contributed by atoms with van der Waals surface area (Å²) in [6, 6.07) is 4.57. The molecule has 0 saturated heterocycles. The van der Waals surface area contributed by atoms with Crippen LogP contribution in [0.25, 0.3) is 0 Å². The molecule has 3 nitrogen and oxygen atoms in total. The molecule has 0 spiro atoms. The number of rotatable bonds is 2. The minimum atomic E-state index is 0.603. The first-order valence-corrected chi connectivity index (χ1v) is 4.90. The molecule has 72 valence electrons. The highest BCUT2D eigenvalue weighted by Crippen LogP contribution is 2.29. The zero-order valence-corrected chi connectivity index (χ0v) is 8.27. The normalized spacial score (nSPS) is 15.7. The van der Waals surface area contributed by atoms with Crippen molar-refractivity contribution in [2.24, 2.45) is 0 Å². The van der Waals surface area contributed by atoms with Crippen molar-refractivity contribution < 1.29 is 0 Å². The first-order chi connectivity index (χ1) is 6.83. The summed E-state index contributed by atoms with van der Waals surface area (Å²) in [6.45, 7) is 0. The molecular formula is C11H13N3. The number of pyridine rings is 1. The molecule has 14 heavy (non-hydrogen) atoms. The van der Waals surface area contributed by atoms with Gasteiger partial charge in [0.1, 0.15) is 6.07 Å². The van der Waals surface area contributed by atoms with Gasteiger partial charge < -0.3 is 4.90 Å². The van der Waals surface area contributed by atoms with Gasteiger partial charge >= 0.3 is 0 Å². The van der Waals surface area contributed by atoms with Crippen LogP contribution in [0.15, 0.2) is 18.5 Å². The third kappa shape index (κ3) is 1.44. The van der Waals surface area contributed by atoms with Crippen LogP contribution in [0.4, 0.5) is 5.69 Å². The Bertz CT molecular complexity index is 363. The summed E-state index contributed by atoms with van der Waals surface area (Å²) >= 11 is 0. The molecule has 1 saturated carbocycles. The van der Waals surface area contributed by atoms with Crippen LogP contribution < -0.4 is 4.90 Å². The van der Waals surface area contributed by atoms with Crippen molar-refractivity contribution in [1.29, 1.82) is 5.26 Å². The van der Waals surface area contributed by atoms with Crippen LogP contribution in [-0.2, 0) is 0 Å². The van der Waals surface area contributed by atoms with Crippen molar-refractivity contribution in [2.75, 3.05) is 11.9 Å². The van der Waals surface area contributed by atoms with E-state index >= 15 is 0 Å². The molecule has 1 heterocycles. The average molecular weight is 187 g/mol. The van der Waals surface area contributed by atoms with Crippen molar-refractivity contribution in [1.82, 2.24) is 4.98 Å². The van der Waals surface area contributed by atoms with Crippen LogP contribution >= 0.6 is 0 Å². The van der Waals surface area contributed by atoms with Crippen LogP contribution in [0.3, 0.4) is 0 Å². The Morgan fingerprint density at radius 2 is 2.36 bits per heavy atom. The van der Waals surface area contributed by atoms with Gasteiger partial charge in [-0.1, -0.05) is 0 Å². The first kappa shape index (κ1) is 9.01. The predicted octanol–water partition coefficient (Wildman–Crippen LogP) is 1.94. The molecule has 2 rings (SSSR count). The molecule has 1 aromatic heterocycles. The fourth-order valence-electron chi connectivity index (χ4n) is 1.73. The van der Waals surface area contributed by atoms with Crippen molar-refractivity contribution in [3.05, 3.63) is 24.0 Å². The lowest BCUT2D eigenvalue weighted by Crippen LogP contribution is -2.37. The smallest absolute Gasteiger partial charge is 0.101 e. The molecule has 0 aliphatic heterocycles. The summed E-state index contributed by atoms with van der Waals surface area (Å²) in [5, 5.41) is 8.94. The minimum absolute atomic E-state index is 0.603. The molecule has 0 radical (unpaired) electrons. The molecule has 3 heteroatoms. The quantitative estimate of drug-likeness (QED) is 0.710. The van der Waals surface area contributed by atoms with E-state index in [1.165, 1.54) is 19.3 Å². The molecule has 0 aromatic carbocycles. The van der Waals surface area contributed by atoms with Crippen LogP contribution in [0.5, 0.6) is 0 Å². The molecule has 1 aliphatic rings. The van der Waals surface area contributed by atoms with Gasteiger partial charge in [0.05, 0.1) is 17.4 Å². The fraction of sp³-hybridized carbons (Fsp3) is 0.455. The maximum atomic E-state index is 8.94. The Labute approximate surface area is 84.0 Å². The highest BCUT2D eigenvalue weighted by molar-refractivity contribution is 5.57. The van der Waals surface area contributed by atoms with E-state index in [0.717, 1.165) is 11.3 Å². The van der Waals surface area contributed by atoms with E-state index in [4.69, 9.17) is 5.26 Å². The Kier molecular flexibility index (Phi) is 2.36. The molecule has 0 amide bonds. The van der Waals surface area contributed by atoms with Gasteiger partial charge in [-0.05, 0) is 25.3 Å². The van der Waals surface area contributed by atoms with E-state index < -0.39 is 0 Å². The molecular weight excluding hydrogens is 174 g/mol. The standard InChI is InChI=1S/C11H13N3/c1-14(10-3-2-4-10)11-8-13-6-5-9(11)7-12/h5-6,8,10H,2-4H2,1H3. The lowest BCUT2D eigenvalue weighted by Gasteiger charge is -2.36. The maximum Gasteiger partial charge on any atom is 0.101 e. The first-order valence-electron chi connectivity index (χ1n) is 4.90. The van der Waals surface area contributed by atoms with Gasteiger partial charge in [0, 0.05) is 19.3 Å². The number of aromatic nitrogens is 1. The second-order valence-corrected chi connectivity index (χ2v) is 3.70. The lowest BCUT2D eigenvalue weighted by molar-refractivity contribution is 0.401. The van der Waals surface area contributed by atoms with Gasteiger partial charge in [0.25, 0.3) is 0 Å². The maximum absolute atomic E-state index is 8.94. The minimum Gasteiger partial charge on any atom is -0.369 e. The van der Waals surface area contributed by atoms with Gasteiger partial charge in [-0.25, -0.2) is 0 Å². The molecule has 0 bridgehead atoms. The van der Waals surface area contributed by atoms with Gasteiger partial charge in [0.2, 0.25) is 0 Å². The summed E-state index contributed by atoms with van der Waals surface area (Å²) in [6.07, 6.45) is 7.21. The second-order valence-electron chi connectivity index (χ2n) is 3.70. The molecule has 0 unspecified atom stereocenters. The van der Waals surface area contributed by atoms with E-state index in [1.54, 1.807) is 18.5 Å². The topological polar surface area (TPSA) is 39.9 Å². The monoisotopic (exact) mass is 187 g/mol. The van der Waals surface area contributed by atoms with Crippen molar-refractivity contribution in [3.8, 4) is 6.07 Å². The Morgan fingerprint density at radius 3 is 2.93 bits per heavy atom. The fourth-order valence-corrected chi connectivity index (χ4v) is 1.73. The summed E-state index contributed by atoms with van der Waals surface area (Å²) in [4.78, 5) is 6.24. The van der Waals surface area contributed by atoms with Gasteiger partial charge in [-0.3, -0.25) is 4.98 Å². The van der Waals surface area contributed by atoms with E-state index in [2.05, 4.69) is 16.0 Å². The number of nitriles is 1. The molecule has 1 fully saturated rings. The van der Waals surface area contributed by atoms with Crippen LogP contribution in [0, 0.1) is 11.3 Å². The average Bonchev–Trinajstić information content (AvgIpc) is 2.15. The Hall–Kier alpha value is -1.56. The van der Waals surface area contributed by atoms with Crippen molar-refractivity contribution >= 4 is 5.69 Å². The number of anilines is 1. The van der Waals surface area contributed by atoms with E-state index in [1.807, 2.05) is 7.05 Å². The SMILES string of the molecule is CN(c1cnccc1C#N)C1CCC1. The van der Waals surface area contributed by atoms with Crippen molar-refractivity contribution in [3.63, 3.8) is 0 Å². The van der Waals surface area contributed by atoms with Crippen molar-refractivity contribution in [2.45, 2.75) is 25.3 Å². The summed E-state index contributed by atoms with van der Waals surface area (Å²) in [5.74, 6) is 0. The van der Waals surface area contributed by atoms with E-state index in [-0.39, 0.29) is 0 Å². The highest BCUT2D eigenvalue weighted by atomic mass is 15.1. The highest BCUT2D eigenvalue weighted by Gasteiger charge is 2.23. The predicted molar refractivity (Wildman–Crippen MR) is 55.0 cm³/mol. The summed E-state index contributed by atoms with van der Waals surface area (Å²) in [5.41, 5.74) is 1.68. The molecule has 0 N–H and O–H groups in total. The largest absolute Gasteiger partial charge is 0.369 e. The zero-order valence-electron chi connectivity index (χ0n) is 8.27. The van der Waals surface area contributed by atoms with Crippen LogP contribution in [0.2, 0.25) is 0 Å². The van der Waals surface area contributed by atoms with Crippen LogP contribution in [-0.4, -0.2) is 18.1 Å². The molecule has 1 aliphatic carbocycles. The zero-order chi connectivity index (χ0) is 9.97. The Morgan fingerprint density at radius 1 is 1.57 bits per heavy atom. The third-order valence-electron chi connectivity index (χ3n) is 2.92. The number of hydrogen-bond donors (Lipinski definition) is 0. The van der Waals surface area contributed by atoms with Gasteiger partial charge in [-0.2, -0.15) is 5.26 Å². The molecule has 1 aromatic rings.